The summed E-state index contributed by atoms with van der Waals surface area (Å²) in [4.78, 5) is 13.6. The van der Waals surface area contributed by atoms with E-state index in [0.717, 1.165) is 6.21 Å². The van der Waals surface area contributed by atoms with Crippen molar-refractivity contribution in [1.82, 2.24) is 4.72 Å². The van der Waals surface area contributed by atoms with Crippen molar-refractivity contribution < 1.29 is 18.0 Å². The Morgan fingerprint density at radius 2 is 2.00 bits per heavy atom. The fraction of sp³-hybridized carbons (Fsp3) is 0.200. The van der Waals surface area contributed by atoms with Crippen LogP contribution < -0.4 is 4.72 Å². The Kier molecular flexibility index (Phi) is 5.18. The summed E-state index contributed by atoms with van der Waals surface area (Å²) in [5, 5.41) is 0.434. The fourth-order valence-corrected chi connectivity index (χ4v) is 2.29. The second-order valence-electron chi connectivity index (χ2n) is 3.31. The fourth-order valence-electron chi connectivity index (χ4n) is 1.13. The van der Waals surface area contributed by atoms with Crippen molar-refractivity contribution in [3.63, 3.8) is 0 Å². The van der Waals surface area contributed by atoms with Gasteiger partial charge in [0.25, 0.3) is 0 Å². The topological polar surface area (TPSA) is 99.6 Å². The Bertz CT molecular complexity index is 577. The van der Waals surface area contributed by atoms with Crippen LogP contribution in [-0.2, 0) is 14.8 Å². The first kappa shape index (κ1) is 14.5. The first-order chi connectivity index (χ1) is 8.45. The van der Waals surface area contributed by atoms with Crippen molar-refractivity contribution in [3.8, 4) is 0 Å². The maximum Gasteiger partial charge on any atom is 0.323 e. The number of carbonyl (C=O) groups is 1. The first-order valence-electron chi connectivity index (χ1n) is 4.91. The molecule has 0 aliphatic rings. The van der Waals surface area contributed by atoms with Gasteiger partial charge >= 0.3 is 6.21 Å². The number of benzene rings is 1. The highest BCUT2D eigenvalue weighted by Crippen LogP contribution is 2.13. The molecule has 0 heterocycles. The van der Waals surface area contributed by atoms with E-state index in [1.165, 1.54) is 24.3 Å². The second-order valence-corrected chi connectivity index (χ2v) is 5.52. The third kappa shape index (κ3) is 4.38. The van der Waals surface area contributed by atoms with Gasteiger partial charge in [-0.05, 0) is 24.3 Å². The molecule has 0 fully saturated rings. The average molecular weight is 288 g/mol. The molecule has 8 heteroatoms. The predicted octanol–water partition coefficient (Wildman–Crippen LogP) is 0.878. The molecule has 0 bridgehead atoms. The van der Waals surface area contributed by atoms with Gasteiger partial charge in [-0.1, -0.05) is 11.6 Å². The van der Waals surface area contributed by atoms with Crippen molar-refractivity contribution in [1.29, 1.82) is 0 Å². The molecular formula is C10H10ClN3O3S. The summed E-state index contributed by atoms with van der Waals surface area (Å²) in [6, 6.07) is 5.64. The summed E-state index contributed by atoms with van der Waals surface area (Å²) >= 11 is 5.64. The molecule has 1 aromatic carbocycles. The quantitative estimate of drug-likeness (QED) is 0.477. The van der Waals surface area contributed by atoms with Crippen molar-refractivity contribution >= 4 is 33.6 Å². The third-order valence-electron chi connectivity index (χ3n) is 1.99. The van der Waals surface area contributed by atoms with Gasteiger partial charge in [0.05, 0.1) is 4.90 Å². The molecule has 0 amide bonds. The van der Waals surface area contributed by atoms with Crippen LogP contribution in [-0.4, -0.2) is 31.8 Å². The Labute approximate surface area is 109 Å². The highest BCUT2D eigenvalue weighted by molar-refractivity contribution is 7.89. The molecule has 0 aliphatic carbocycles. The van der Waals surface area contributed by atoms with E-state index in [1.54, 1.807) is 0 Å². The van der Waals surface area contributed by atoms with E-state index >= 15 is 0 Å². The van der Waals surface area contributed by atoms with Crippen LogP contribution >= 0.6 is 11.6 Å². The molecule has 0 atom stereocenters. The molecule has 0 saturated carbocycles. The van der Waals surface area contributed by atoms with Crippen LogP contribution in [0.5, 0.6) is 0 Å². The lowest BCUT2D eigenvalue weighted by atomic mass is 10.3. The number of rotatable bonds is 6. The monoisotopic (exact) mass is 287 g/mol. The molecule has 0 spiro atoms. The van der Waals surface area contributed by atoms with E-state index in [4.69, 9.17) is 17.1 Å². The zero-order valence-corrected chi connectivity index (χ0v) is 10.8. The predicted molar refractivity (Wildman–Crippen MR) is 65.9 cm³/mol. The highest BCUT2D eigenvalue weighted by Gasteiger charge is 2.14. The molecule has 96 valence electrons. The molecule has 6 nitrogen and oxygen atoms in total. The summed E-state index contributed by atoms with van der Waals surface area (Å²) in [5.74, 6) is -0.476. The zero-order valence-electron chi connectivity index (χ0n) is 9.21. The lowest BCUT2D eigenvalue weighted by molar-refractivity contribution is -0.115. The van der Waals surface area contributed by atoms with Crippen LogP contribution in [0.3, 0.4) is 0 Å². The minimum absolute atomic E-state index is 0.0650. The molecule has 0 aliphatic heterocycles. The maximum absolute atomic E-state index is 11.7. The number of sulfonamides is 1. The smallest absolute Gasteiger partial charge is 0.323 e. The molecule has 0 unspecified atom stereocenters. The van der Waals surface area contributed by atoms with E-state index in [9.17, 15) is 13.2 Å². The van der Waals surface area contributed by atoms with Crippen molar-refractivity contribution in [2.75, 3.05) is 6.54 Å². The number of nitrogens with one attached hydrogen (secondary N) is 1. The van der Waals surface area contributed by atoms with Gasteiger partial charge in [0.2, 0.25) is 15.8 Å². The Balaban J connectivity index is 2.63. The van der Waals surface area contributed by atoms with Gasteiger partial charge in [0.15, 0.2) is 0 Å². The SMILES string of the molecule is [N-]=[N+]=CC(=O)CCNS(=O)(=O)c1ccc(Cl)cc1. The summed E-state index contributed by atoms with van der Waals surface area (Å²) < 4.78 is 25.7. The molecular weight excluding hydrogens is 278 g/mol. The van der Waals surface area contributed by atoms with Gasteiger partial charge in [-0.25, -0.2) is 13.1 Å². The van der Waals surface area contributed by atoms with Crippen LogP contribution in [0.1, 0.15) is 6.42 Å². The Morgan fingerprint density at radius 1 is 1.39 bits per heavy atom. The third-order valence-corrected chi connectivity index (χ3v) is 3.72. The molecule has 0 radical (unpaired) electrons. The number of ketones is 1. The lowest BCUT2D eigenvalue weighted by Crippen LogP contribution is -2.26. The van der Waals surface area contributed by atoms with Gasteiger partial charge in [-0.2, -0.15) is 4.79 Å². The van der Waals surface area contributed by atoms with E-state index in [2.05, 4.69) is 9.51 Å². The van der Waals surface area contributed by atoms with Gasteiger partial charge in [-0.15, -0.1) is 0 Å². The molecule has 18 heavy (non-hydrogen) atoms. The number of carbonyl (C=O) groups excluding carboxylic acids is 1. The van der Waals surface area contributed by atoms with Crippen LogP contribution in [0.2, 0.25) is 5.02 Å². The van der Waals surface area contributed by atoms with E-state index in [1.807, 2.05) is 0 Å². The van der Waals surface area contributed by atoms with Crippen LogP contribution in [0.15, 0.2) is 29.2 Å². The number of hydrogen-bond donors (Lipinski definition) is 1. The van der Waals surface area contributed by atoms with Gasteiger partial charge in [0, 0.05) is 18.0 Å². The minimum Gasteiger partial charge on any atom is -0.361 e. The Hall–Kier alpha value is -1.53. The van der Waals surface area contributed by atoms with E-state index in [-0.39, 0.29) is 17.9 Å². The standard InChI is InChI=1S/C10H10ClN3O3S/c11-8-1-3-10(4-2-8)18(16,17)14-6-5-9(15)7-13-12/h1-4,7,14H,5-6H2. The molecule has 1 N–H and O–H groups in total. The van der Waals surface area contributed by atoms with Gasteiger partial charge in [-0.3, -0.25) is 4.79 Å². The van der Waals surface area contributed by atoms with E-state index in [0.29, 0.717) is 5.02 Å². The zero-order chi connectivity index (χ0) is 13.6. The number of halogens is 1. The van der Waals surface area contributed by atoms with E-state index < -0.39 is 15.8 Å². The summed E-state index contributed by atoms with van der Waals surface area (Å²) in [5.41, 5.74) is 8.10. The summed E-state index contributed by atoms with van der Waals surface area (Å²) in [7, 11) is -3.66. The van der Waals surface area contributed by atoms with Gasteiger partial charge < -0.3 is 5.53 Å². The Morgan fingerprint density at radius 3 is 2.56 bits per heavy atom. The van der Waals surface area contributed by atoms with Crippen molar-refractivity contribution in [3.05, 3.63) is 34.8 Å². The van der Waals surface area contributed by atoms with Crippen molar-refractivity contribution in [2.45, 2.75) is 11.3 Å². The largest absolute Gasteiger partial charge is 0.361 e. The van der Waals surface area contributed by atoms with Crippen molar-refractivity contribution in [2.24, 2.45) is 0 Å². The van der Waals surface area contributed by atoms with Crippen LogP contribution in [0, 0.1) is 0 Å². The van der Waals surface area contributed by atoms with Gasteiger partial charge in [0.1, 0.15) is 0 Å². The number of hydrogen-bond acceptors (Lipinski definition) is 3. The number of nitrogens with zero attached hydrogens (tertiary/aromatic N) is 2. The average Bonchev–Trinajstić information content (AvgIpc) is 2.29. The normalized spacial score (nSPS) is 10.7. The molecule has 1 rings (SSSR count). The van der Waals surface area contributed by atoms with Crippen LogP contribution in [0.25, 0.3) is 5.53 Å². The molecule has 0 saturated heterocycles. The lowest BCUT2D eigenvalue weighted by Gasteiger charge is -2.05. The summed E-state index contributed by atoms with van der Waals surface area (Å²) in [6.45, 7) is -0.0736. The summed E-state index contributed by atoms with van der Waals surface area (Å²) in [6.07, 6.45) is 0.632. The number of Topliss-reactive ketones (excluding diaryl/α,β-unsaturated/α-hetero) is 1. The molecule has 0 aromatic heterocycles. The second kappa shape index (κ2) is 6.42. The van der Waals surface area contributed by atoms with Crippen LogP contribution in [0.4, 0.5) is 0 Å². The minimum atomic E-state index is -3.66. The highest BCUT2D eigenvalue weighted by atomic mass is 35.5. The maximum atomic E-state index is 11.7. The first-order valence-corrected chi connectivity index (χ1v) is 6.77. The molecule has 1 aromatic rings.